The summed E-state index contributed by atoms with van der Waals surface area (Å²) in [6.45, 7) is 6.99. The van der Waals surface area contributed by atoms with Crippen molar-refractivity contribution in [3.63, 3.8) is 0 Å². The van der Waals surface area contributed by atoms with E-state index < -0.39 is 5.41 Å². The molecule has 0 saturated heterocycles. The zero-order chi connectivity index (χ0) is 15.5. The van der Waals surface area contributed by atoms with Crippen LogP contribution >= 0.6 is 0 Å². The van der Waals surface area contributed by atoms with Gasteiger partial charge in [0.25, 0.3) is 0 Å². The van der Waals surface area contributed by atoms with E-state index in [1.165, 1.54) is 5.56 Å². The van der Waals surface area contributed by atoms with E-state index in [2.05, 4.69) is 26.0 Å². The second-order valence-electron chi connectivity index (χ2n) is 6.59. The average Bonchev–Trinajstić information content (AvgIpc) is 2.85. The molecule has 21 heavy (non-hydrogen) atoms. The van der Waals surface area contributed by atoms with E-state index in [-0.39, 0.29) is 18.0 Å². The minimum atomic E-state index is -0.391. The standard InChI is InChI=1S/C18H28N2O/c1-4-14(2)20(13-15-9-6-5-7-10-15)17(21)18(3)12-8-11-16(18)19/h5-7,9-10,14,16H,4,8,11-13,19H2,1-3H3. The van der Waals surface area contributed by atoms with Crippen LogP contribution in [0.5, 0.6) is 0 Å². The Morgan fingerprint density at radius 2 is 2.10 bits per heavy atom. The fraction of sp³-hybridized carbons (Fsp3) is 0.611. The van der Waals surface area contributed by atoms with Crippen molar-refractivity contribution in [1.82, 2.24) is 4.90 Å². The van der Waals surface area contributed by atoms with Gasteiger partial charge < -0.3 is 10.6 Å². The maximum atomic E-state index is 13.1. The summed E-state index contributed by atoms with van der Waals surface area (Å²) in [6, 6.07) is 10.5. The van der Waals surface area contributed by atoms with Gasteiger partial charge in [-0.1, -0.05) is 43.7 Å². The van der Waals surface area contributed by atoms with Gasteiger partial charge in [-0.05, 0) is 38.7 Å². The van der Waals surface area contributed by atoms with Crippen LogP contribution < -0.4 is 5.73 Å². The first-order valence-electron chi connectivity index (χ1n) is 8.09. The number of nitrogens with zero attached hydrogens (tertiary/aromatic N) is 1. The van der Waals surface area contributed by atoms with Gasteiger partial charge in [-0.2, -0.15) is 0 Å². The molecular weight excluding hydrogens is 260 g/mol. The summed E-state index contributed by atoms with van der Waals surface area (Å²) in [4.78, 5) is 15.2. The van der Waals surface area contributed by atoms with E-state index in [0.29, 0.717) is 6.54 Å². The third-order valence-electron chi connectivity index (χ3n) is 5.10. The summed E-state index contributed by atoms with van der Waals surface area (Å²) in [5.74, 6) is 0.228. The number of carbonyl (C=O) groups excluding carboxylic acids is 1. The molecular formula is C18H28N2O. The molecule has 1 aromatic rings. The third-order valence-corrected chi connectivity index (χ3v) is 5.10. The van der Waals surface area contributed by atoms with Crippen LogP contribution in [0.1, 0.15) is 52.0 Å². The quantitative estimate of drug-likeness (QED) is 0.903. The van der Waals surface area contributed by atoms with Gasteiger partial charge in [0.1, 0.15) is 0 Å². The van der Waals surface area contributed by atoms with E-state index >= 15 is 0 Å². The molecule has 116 valence electrons. The van der Waals surface area contributed by atoms with E-state index in [9.17, 15) is 4.79 Å². The number of hydrogen-bond donors (Lipinski definition) is 1. The molecule has 0 aromatic heterocycles. The van der Waals surface area contributed by atoms with Crippen molar-refractivity contribution < 1.29 is 4.79 Å². The number of rotatable bonds is 5. The number of hydrogen-bond acceptors (Lipinski definition) is 2. The Kier molecular flexibility index (Phi) is 5.04. The number of nitrogens with two attached hydrogens (primary N) is 1. The number of benzene rings is 1. The van der Waals surface area contributed by atoms with Gasteiger partial charge in [0, 0.05) is 18.6 Å². The zero-order valence-electron chi connectivity index (χ0n) is 13.5. The summed E-state index contributed by atoms with van der Waals surface area (Å²) in [7, 11) is 0. The topological polar surface area (TPSA) is 46.3 Å². The summed E-state index contributed by atoms with van der Waals surface area (Å²) in [6.07, 6.45) is 3.89. The molecule has 1 aliphatic carbocycles. The molecule has 0 aliphatic heterocycles. The molecule has 0 radical (unpaired) electrons. The fourth-order valence-electron chi connectivity index (χ4n) is 3.22. The van der Waals surface area contributed by atoms with Crippen LogP contribution in [0.3, 0.4) is 0 Å². The lowest BCUT2D eigenvalue weighted by atomic mass is 9.83. The molecule has 0 spiro atoms. The van der Waals surface area contributed by atoms with Gasteiger partial charge in [0.2, 0.25) is 5.91 Å². The van der Waals surface area contributed by atoms with Crippen LogP contribution in [0.25, 0.3) is 0 Å². The van der Waals surface area contributed by atoms with E-state index in [1.807, 2.05) is 30.0 Å². The maximum Gasteiger partial charge on any atom is 0.230 e. The summed E-state index contributed by atoms with van der Waals surface area (Å²) < 4.78 is 0. The van der Waals surface area contributed by atoms with Crippen molar-refractivity contribution in [3.8, 4) is 0 Å². The summed E-state index contributed by atoms with van der Waals surface area (Å²) in [5.41, 5.74) is 7.03. The lowest BCUT2D eigenvalue weighted by molar-refractivity contribution is -0.144. The Bertz CT molecular complexity index is 473. The van der Waals surface area contributed by atoms with Crippen molar-refractivity contribution in [2.24, 2.45) is 11.1 Å². The Hall–Kier alpha value is -1.35. The average molecular weight is 288 g/mol. The van der Waals surface area contributed by atoms with Crippen molar-refractivity contribution in [2.45, 2.75) is 65.1 Å². The van der Waals surface area contributed by atoms with Gasteiger partial charge in [-0.15, -0.1) is 0 Å². The van der Waals surface area contributed by atoms with Gasteiger partial charge in [-0.25, -0.2) is 0 Å². The van der Waals surface area contributed by atoms with Crippen LogP contribution in [-0.4, -0.2) is 22.9 Å². The van der Waals surface area contributed by atoms with Crippen LogP contribution in [-0.2, 0) is 11.3 Å². The highest BCUT2D eigenvalue weighted by Gasteiger charge is 2.45. The molecule has 3 heteroatoms. The van der Waals surface area contributed by atoms with Crippen LogP contribution in [0.4, 0.5) is 0 Å². The summed E-state index contributed by atoms with van der Waals surface area (Å²) in [5, 5.41) is 0. The summed E-state index contributed by atoms with van der Waals surface area (Å²) >= 11 is 0. The smallest absolute Gasteiger partial charge is 0.230 e. The van der Waals surface area contributed by atoms with Crippen molar-refractivity contribution in [2.75, 3.05) is 0 Å². The molecule has 1 amide bonds. The molecule has 1 aromatic carbocycles. The van der Waals surface area contributed by atoms with Crippen molar-refractivity contribution >= 4 is 5.91 Å². The number of carbonyl (C=O) groups is 1. The zero-order valence-corrected chi connectivity index (χ0v) is 13.5. The molecule has 1 aliphatic rings. The highest BCUT2D eigenvalue weighted by molar-refractivity contribution is 5.83. The highest BCUT2D eigenvalue weighted by atomic mass is 16.2. The molecule has 0 heterocycles. The normalized spacial score (nSPS) is 26.6. The monoisotopic (exact) mass is 288 g/mol. The Labute approximate surface area is 128 Å². The highest BCUT2D eigenvalue weighted by Crippen LogP contribution is 2.39. The molecule has 3 nitrogen and oxygen atoms in total. The van der Waals surface area contributed by atoms with E-state index in [0.717, 1.165) is 25.7 Å². The first-order valence-corrected chi connectivity index (χ1v) is 8.09. The Morgan fingerprint density at radius 3 is 2.62 bits per heavy atom. The predicted octanol–water partition coefficient (Wildman–Crippen LogP) is 3.33. The van der Waals surface area contributed by atoms with Crippen LogP contribution in [0, 0.1) is 5.41 Å². The molecule has 3 atom stereocenters. The first kappa shape index (κ1) is 16.0. The SMILES string of the molecule is CCC(C)N(Cc1ccccc1)C(=O)C1(C)CCCC1N. The molecule has 1 saturated carbocycles. The van der Waals surface area contributed by atoms with E-state index in [1.54, 1.807) is 0 Å². The Morgan fingerprint density at radius 1 is 1.43 bits per heavy atom. The first-order chi connectivity index (χ1) is 9.99. The number of amides is 1. The van der Waals surface area contributed by atoms with Gasteiger partial charge in [0.15, 0.2) is 0 Å². The second kappa shape index (κ2) is 6.61. The third kappa shape index (κ3) is 3.29. The fourth-order valence-corrected chi connectivity index (χ4v) is 3.22. The Balaban J connectivity index is 2.22. The van der Waals surface area contributed by atoms with Gasteiger partial charge in [0.05, 0.1) is 5.41 Å². The lowest BCUT2D eigenvalue weighted by Crippen LogP contribution is -2.51. The molecule has 3 unspecified atom stereocenters. The largest absolute Gasteiger partial charge is 0.335 e. The van der Waals surface area contributed by atoms with Crippen LogP contribution in [0.2, 0.25) is 0 Å². The molecule has 2 N–H and O–H groups in total. The lowest BCUT2D eigenvalue weighted by Gasteiger charge is -2.37. The molecule has 0 bridgehead atoms. The minimum Gasteiger partial charge on any atom is -0.335 e. The predicted molar refractivity (Wildman–Crippen MR) is 86.7 cm³/mol. The maximum absolute atomic E-state index is 13.1. The van der Waals surface area contributed by atoms with Crippen LogP contribution in [0.15, 0.2) is 30.3 Å². The molecule has 2 rings (SSSR count). The molecule has 1 fully saturated rings. The van der Waals surface area contributed by atoms with E-state index in [4.69, 9.17) is 5.73 Å². The minimum absolute atomic E-state index is 0.00710. The second-order valence-corrected chi connectivity index (χ2v) is 6.59. The van der Waals surface area contributed by atoms with Gasteiger partial charge in [-0.3, -0.25) is 4.79 Å². The van der Waals surface area contributed by atoms with Gasteiger partial charge >= 0.3 is 0 Å². The van der Waals surface area contributed by atoms with Crippen molar-refractivity contribution in [3.05, 3.63) is 35.9 Å². The van der Waals surface area contributed by atoms with Crippen molar-refractivity contribution in [1.29, 1.82) is 0 Å².